The second kappa shape index (κ2) is 8.42. The van der Waals surface area contributed by atoms with Gasteiger partial charge in [0.05, 0.1) is 17.8 Å². The number of hydrogen-bond donors (Lipinski definition) is 1. The molecule has 31 heavy (non-hydrogen) atoms. The number of aromatic nitrogens is 3. The van der Waals surface area contributed by atoms with Gasteiger partial charge < -0.3 is 14.8 Å². The Morgan fingerprint density at radius 3 is 2.65 bits per heavy atom. The molecule has 2 aliphatic rings. The maximum Gasteiger partial charge on any atom is 0.170 e. The summed E-state index contributed by atoms with van der Waals surface area (Å²) in [6, 6.07) is 13.3. The molecular formula is C25H29N5S. The lowest BCUT2D eigenvalue weighted by Crippen LogP contribution is -2.37. The summed E-state index contributed by atoms with van der Waals surface area (Å²) >= 11 is 5.89. The number of aryl methyl sites for hydroxylation is 1. The first kappa shape index (κ1) is 20.2. The molecule has 5 nitrogen and oxygen atoms in total. The molecule has 0 aromatic carbocycles. The predicted molar refractivity (Wildman–Crippen MR) is 127 cm³/mol. The highest BCUT2D eigenvalue weighted by molar-refractivity contribution is 7.80. The zero-order valence-electron chi connectivity index (χ0n) is 18.2. The Kier molecular flexibility index (Phi) is 5.48. The fourth-order valence-electron chi connectivity index (χ4n) is 5.32. The van der Waals surface area contributed by atoms with Crippen LogP contribution in [-0.4, -0.2) is 30.6 Å². The zero-order valence-corrected chi connectivity index (χ0v) is 19.0. The van der Waals surface area contributed by atoms with Crippen molar-refractivity contribution in [3.63, 3.8) is 0 Å². The van der Waals surface area contributed by atoms with Crippen LogP contribution in [-0.2, 0) is 6.54 Å². The van der Waals surface area contributed by atoms with Crippen molar-refractivity contribution >= 4 is 17.3 Å². The smallest absolute Gasteiger partial charge is 0.170 e. The van der Waals surface area contributed by atoms with E-state index < -0.39 is 0 Å². The quantitative estimate of drug-likeness (QED) is 0.585. The van der Waals surface area contributed by atoms with E-state index in [0.717, 1.165) is 17.4 Å². The van der Waals surface area contributed by atoms with E-state index in [-0.39, 0.29) is 12.1 Å². The average Bonchev–Trinajstić information content (AvgIpc) is 3.50. The Morgan fingerprint density at radius 1 is 1.10 bits per heavy atom. The van der Waals surface area contributed by atoms with E-state index >= 15 is 0 Å². The highest BCUT2D eigenvalue weighted by Crippen LogP contribution is 2.44. The molecule has 0 amide bonds. The van der Waals surface area contributed by atoms with Gasteiger partial charge in [0, 0.05) is 42.6 Å². The molecule has 4 heterocycles. The van der Waals surface area contributed by atoms with E-state index in [9.17, 15) is 0 Å². The normalized spacial score (nSPS) is 21.6. The van der Waals surface area contributed by atoms with Gasteiger partial charge in [0.1, 0.15) is 0 Å². The van der Waals surface area contributed by atoms with Crippen LogP contribution in [0.25, 0.3) is 0 Å². The molecule has 2 fully saturated rings. The van der Waals surface area contributed by atoms with Crippen LogP contribution < -0.4 is 5.32 Å². The number of rotatable bonds is 5. The van der Waals surface area contributed by atoms with Crippen LogP contribution in [0.2, 0.25) is 0 Å². The van der Waals surface area contributed by atoms with Crippen LogP contribution in [0, 0.1) is 13.8 Å². The minimum atomic E-state index is 0.0571. The van der Waals surface area contributed by atoms with E-state index in [2.05, 4.69) is 57.9 Å². The number of thiocarbonyl (C=S) groups is 1. The molecule has 0 radical (unpaired) electrons. The van der Waals surface area contributed by atoms with Crippen molar-refractivity contribution in [2.75, 3.05) is 0 Å². The summed E-state index contributed by atoms with van der Waals surface area (Å²) in [4.78, 5) is 11.5. The van der Waals surface area contributed by atoms with Gasteiger partial charge in [0.25, 0.3) is 0 Å². The largest absolute Gasteiger partial charge is 0.352 e. The van der Waals surface area contributed by atoms with Gasteiger partial charge in [-0.05, 0) is 74.3 Å². The van der Waals surface area contributed by atoms with E-state index in [0.29, 0.717) is 6.04 Å². The molecule has 1 N–H and O–H groups in total. The predicted octanol–water partition coefficient (Wildman–Crippen LogP) is 4.86. The zero-order chi connectivity index (χ0) is 21.4. The molecule has 2 atom stereocenters. The molecule has 0 bridgehead atoms. The average molecular weight is 432 g/mol. The fourth-order valence-corrected chi connectivity index (χ4v) is 5.71. The van der Waals surface area contributed by atoms with E-state index in [1.165, 1.54) is 48.2 Å². The maximum atomic E-state index is 5.89. The minimum Gasteiger partial charge on any atom is -0.352 e. The molecule has 5 rings (SSSR count). The Hall–Kier alpha value is -2.73. The topological polar surface area (TPSA) is 46.0 Å². The van der Waals surface area contributed by atoms with Crippen LogP contribution in [0.4, 0.5) is 0 Å². The van der Waals surface area contributed by atoms with Gasteiger partial charge in [0.15, 0.2) is 5.11 Å². The second-order valence-corrected chi connectivity index (χ2v) is 9.13. The van der Waals surface area contributed by atoms with Crippen molar-refractivity contribution in [2.45, 2.75) is 64.2 Å². The fraction of sp³-hybridized carbons (Fsp3) is 0.400. The Balaban J connectivity index is 1.57. The lowest BCUT2D eigenvalue weighted by molar-refractivity contribution is 0.245. The minimum absolute atomic E-state index is 0.0571. The molecule has 3 aromatic heterocycles. The standard InChI is InChI=1S/C25H29N5S/c1-17-14-21(18(2)29(17)16-19-8-7-12-26-15-19)24-23(22-11-5-6-13-27-22)28-25(31)30(24)20-9-3-4-10-20/h5-8,11-15,20,23-24H,3-4,9-10,16H2,1-2H3,(H,28,31)/t23-,24-/m1/s1. The van der Waals surface area contributed by atoms with E-state index in [1.54, 1.807) is 0 Å². The maximum absolute atomic E-state index is 5.89. The SMILES string of the molecule is Cc1cc([C@@H]2[C@@H](c3ccccn3)NC(=S)N2C2CCCC2)c(C)n1Cc1cccnc1. The summed E-state index contributed by atoms with van der Waals surface area (Å²) in [5.41, 5.74) is 6.16. The molecular weight excluding hydrogens is 402 g/mol. The van der Waals surface area contributed by atoms with Gasteiger partial charge in [-0.1, -0.05) is 25.0 Å². The summed E-state index contributed by atoms with van der Waals surface area (Å²) in [7, 11) is 0. The first-order chi connectivity index (χ1) is 15.1. The van der Waals surface area contributed by atoms with Crippen molar-refractivity contribution in [1.82, 2.24) is 24.8 Å². The third-order valence-corrected chi connectivity index (χ3v) is 7.18. The molecule has 160 valence electrons. The van der Waals surface area contributed by atoms with Crippen molar-refractivity contribution in [2.24, 2.45) is 0 Å². The lowest BCUT2D eigenvalue weighted by atomic mass is 9.95. The molecule has 3 aromatic rings. The first-order valence-corrected chi connectivity index (χ1v) is 11.6. The lowest BCUT2D eigenvalue weighted by Gasteiger charge is -2.33. The Labute approximate surface area is 189 Å². The highest BCUT2D eigenvalue weighted by atomic mass is 32.1. The van der Waals surface area contributed by atoms with Crippen LogP contribution in [0.5, 0.6) is 0 Å². The first-order valence-electron chi connectivity index (χ1n) is 11.2. The van der Waals surface area contributed by atoms with E-state index in [4.69, 9.17) is 17.2 Å². The van der Waals surface area contributed by atoms with Gasteiger partial charge in [-0.25, -0.2) is 0 Å². The van der Waals surface area contributed by atoms with E-state index in [1.807, 2.05) is 30.7 Å². The Morgan fingerprint density at radius 2 is 1.94 bits per heavy atom. The third-order valence-electron chi connectivity index (χ3n) is 6.85. The van der Waals surface area contributed by atoms with Gasteiger partial charge in [0.2, 0.25) is 0 Å². The monoisotopic (exact) mass is 431 g/mol. The summed E-state index contributed by atoms with van der Waals surface area (Å²) in [5.74, 6) is 0. The third kappa shape index (κ3) is 3.74. The van der Waals surface area contributed by atoms with Crippen molar-refractivity contribution in [3.8, 4) is 0 Å². The van der Waals surface area contributed by atoms with Crippen LogP contribution in [0.3, 0.4) is 0 Å². The number of nitrogens with zero attached hydrogens (tertiary/aromatic N) is 4. The van der Waals surface area contributed by atoms with Crippen LogP contribution >= 0.6 is 12.2 Å². The molecule has 1 aliphatic carbocycles. The summed E-state index contributed by atoms with van der Waals surface area (Å²) in [5, 5.41) is 4.49. The summed E-state index contributed by atoms with van der Waals surface area (Å²) in [6.07, 6.45) is 10.6. The second-order valence-electron chi connectivity index (χ2n) is 8.75. The molecule has 1 saturated carbocycles. The molecule has 6 heteroatoms. The van der Waals surface area contributed by atoms with Crippen molar-refractivity contribution in [1.29, 1.82) is 0 Å². The van der Waals surface area contributed by atoms with Crippen molar-refractivity contribution < 1.29 is 0 Å². The van der Waals surface area contributed by atoms with Crippen molar-refractivity contribution in [3.05, 3.63) is 83.2 Å². The molecule has 1 saturated heterocycles. The number of hydrogen-bond acceptors (Lipinski definition) is 3. The highest BCUT2D eigenvalue weighted by Gasteiger charge is 2.44. The van der Waals surface area contributed by atoms with Gasteiger partial charge in [-0.15, -0.1) is 0 Å². The summed E-state index contributed by atoms with van der Waals surface area (Å²) < 4.78 is 2.40. The number of pyridine rings is 2. The van der Waals surface area contributed by atoms with Gasteiger partial charge in [-0.2, -0.15) is 0 Å². The Bertz CT molecular complexity index is 1060. The van der Waals surface area contributed by atoms with Gasteiger partial charge in [-0.3, -0.25) is 9.97 Å². The van der Waals surface area contributed by atoms with Gasteiger partial charge >= 0.3 is 0 Å². The van der Waals surface area contributed by atoms with Crippen LogP contribution in [0.15, 0.2) is 55.0 Å². The number of nitrogens with one attached hydrogen (secondary N) is 1. The summed E-state index contributed by atoms with van der Waals surface area (Å²) in [6.45, 7) is 5.26. The molecule has 0 spiro atoms. The molecule has 0 unspecified atom stereocenters. The molecule has 1 aliphatic heterocycles. The van der Waals surface area contributed by atoms with Crippen LogP contribution in [0.1, 0.15) is 66.0 Å².